The van der Waals surface area contributed by atoms with Crippen LogP contribution < -0.4 is 5.32 Å². The smallest absolute Gasteiger partial charge is 0.0202 e. The van der Waals surface area contributed by atoms with E-state index < -0.39 is 0 Å². The molecule has 1 atom stereocenters. The van der Waals surface area contributed by atoms with Crippen molar-refractivity contribution in [2.75, 3.05) is 32.7 Å². The lowest BCUT2D eigenvalue weighted by Gasteiger charge is -2.17. The molecule has 0 aromatic carbocycles. The van der Waals surface area contributed by atoms with Gasteiger partial charge in [0.05, 0.1) is 0 Å². The van der Waals surface area contributed by atoms with Crippen LogP contribution in [0, 0.1) is 5.92 Å². The molecule has 0 bridgehead atoms. The minimum Gasteiger partial charge on any atom is -0.313 e. The van der Waals surface area contributed by atoms with Crippen LogP contribution >= 0.6 is 0 Å². The number of likely N-dealkylation sites (tertiary alicyclic amines) is 1. The lowest BCUT2D eigenvalue weighted by molar-refractivity contribution is 0.346. The van der Waals surface area contributed by atoms with Gasteiger partial charge in [-0.25, -0.2) is 0 Å². The first-order valence-electron chi connectivity index (χ1n) is 6.36. The van der Waals surface area contributed by atoms with E-state index in [0.717, 1.165) is 25.6 Å². The highest BCUT2D eigenvalue weighted by atomic mass is 15.1. The fourth-order valence-corrected chi connectivity index (χ4v) is 2.20. The Morgan fingerprint density at radius 1 is 1.47 bits per heavy atom. The van der Waals surface area contributed by atoms with Crippen molar-refractivity contribution in [3.05, 3.63) is 12.2 Å². The summed E-state index contributed by atoms with van der Waals surface area (Å²) in [4.78, 5) is 2.55. The Morgan fingerprint density at radius 2 is 2.27 bits per heavy atom. The van der Waals surface area contributed by atoms with Crippen LogP contribution in [0.25, 0.3) is 0 Å². The molecule has 0 aromatic heterocycles. The Morgan fingerprint density at radius 3 is 2.87 bits per heavy atom. The second-order valence-corrected chi connectivity index (χ2v) is 4.72. The number of nitrogens with one attached hydrogen (secondary N) is 1. The fourth-order valence-electron chi connectivity index (χ4n) is 2.20. The molecule has 0 spiro atoms. The third-order valence-corrected chi connectivity index (χ3v) is 3.20. The largest absolute Gasteiger partial charge is 0.313 e. The monoisotopic (exact) mass is 210 g/mol. The van der Waals surface area contributed by atoms with Gasteiger partial charge in [-0.3, -0.25) is 4.90 Å². The SMILES string of the molecule is C=C(CNCCC)CN1CCC(CC)C1. The zero-order valence-electron chi connectivity index (χ0n) is 10.4. The molecule has 1 fully saturated rings. The van der Waals surface area contributed by atoms with E-state index in [9.17, 15) is 0 Å². The van der Waals surface area contributed by atoms with E-state index in [-0.39, 0.29) is 0 Å². The van der Waals surface area contributed by atoms with E-state index in [4.69, 9.17) is 0 Å². The van der Waals surface area contributed by atoms with E-state index in [1.54, 1.807) is 0 Å². The zero-order valence-corrected chi connectivity index (χ0v) is 10.4. The maximum absolute atomic E-state index is 4.14. The molecule has 0 aliphatic carbocycles. The summed E-state index contributed by atoms with van der Waals surface area (Å²) in [5, 5.41) is 3.41. The highest BCUT2D eigenvalue weighted by molar-refractivity contribution is 5.00. The second kappa shape index (κ2) is 7.02. The van der Waals surface area contributed by atoms with Gasteiger partial charge in [-0.05, 0) is 37.4 Å². The van der Waals surface area contributed by atoms with Gasteiger partial charge >= 0.3 is 0 Å². The Balaban J connectivity index is 2.10. The molecule has 2 nitrogen and oxygen atoms in total. The summed E-state index contributed by atoms with van der Waals surface area (Å²) in [5.41, 5.74) is 1.33. The predicted octanol–water partition coefficient (Wildman–Crippen LogP) is 2.27. The van der Waals surface area contributed by atoms with E-state index >= 15 is 0 Å². The number of rotatable bonds is 7. The van der Waals surface area contributed by atoms with E-state index in [1.807, 2.05) is 0 Å². The molecule has 88 valence electrons. The van der Waals surface area contributed by atoms with Crippen molar-refractivity contribution in [1.82, 2.24) is 10.2 Å². The molecule has 0 radical (unpaired) electrons. The Kier molecular flexibility index (Phi) is 5.96. The van der Waals surface area contributed by atoms with Gasteiger partial charge in [0.25, 0.3) is 0 Å². The summed E-state index contributed by atoms with van der Waals surface area (Å²) in [6, 6.07) is 0. The zero-order chi connectivity index (χ0) is 11.1. The van der Waals surface area contributed by atoms with Crippen molar-refractivity contribution in [1.29, 1.82) is 0 Å². The van der Waals surface area contributed by atoms with E-state index in [2.05, 4.69) is 30.6 Å². The topological polar surface area (TPSA) is 15.3 Å². The van der Waals surface area contributed by atoms with E-state index in [0.29, 0.717) is 0 Å². The summed E-state index contributed by atoms with van der Waals surface area (Å²) in [6.07, 6.45) is 3.91. The molecule has 1 N–H and O–H groups in total. The number of hydrogen-bond donors (Lipinski definition) is 1. The van der Waals surface area contributed by atoms with Crippen molar-refractivity contribution in [3.8, 4) is 0 Å². The van der Waals surface area contributed by atoms with Crippen LogP contribution in [0.5, 0.6) is 0 Å². The normalized spacial score (nSPS) is 22.1. The highest BCUT2D eigenvalue weighted by Crippen LogP contribution is 2.19. The van der Waals surface area contributed by atoms with Gasteiger partial charge in [-0.1, -0.05) is 26.8 Å². The quantitative estimate of drug-likeness (QED) is 0.512. The Labute approximate surface area is 94.7 Å². The molecule has 0 amide bonds. The van der Waals surface area contributed by atoms with Gasteiger partial charge in [0.1, 0.15) is 0 Å². The minimum atomic E-state index is 0.932. The average molecular weight is 210 g/mol. The first kappa shape index (κ1) is 12.7. The number of hydrogen-bond acceptors (Lipinski definition) is 2. The summed E-state index contributed by atoms with van der Waals surface area (Å²) < 4.78 is 0. The van der Waals surface area contributed by atoms with Gasteiger partial charge in [0, 0.05) is 19.6 Å². The van der Waals surface area contributed by atoms with Gasteiger partial charge in [-0.15, -0.1) is 0 Å². The van der Waals surface area contributed by atoms with Crippen LogP contribution in [0.4, 0.5) is 0 Å². The van der Waals surface area contributed by atoms with Gasteiger partial charge < -0.3 is 5.32 Å². The summed E-state index contributed by atoms with van der Waals surface area (Å²) in [7, 11) is 0. The molecule has 2 heteroatoms. The predicted molar refractivity (Wildman–Crippen MR) is 67.1 cm³/mol. The molecule has 1 aliphatic rings. The lowest BCUT2D eigenvalue weighted by Crippen LogP contribution is -2.27. The van der Waals surface area contributed by atoms with Crippen LogP contribution in [0.2, 0.25) is 0 Å². The molecule has 1 heterocycles. The highest BCUT2D eigenvalue weighted by Gasteiger charge is 2.20. The first-order chi connectivity index (χ1) is 7.26. The third kappa shape index (κ3) is 4.80. The molecule has 1 saturated heterocycles. The standard InChI is InChI=1S/C13H26N2/c1-4-7-14-9-12(3)10-15-8-6-13(5-2)11-15/h13-14H,3-11H2,1-2H3. The maximum atomic E-state index is 4.14. The first-order valence-corrected chi connectivity index (χ1v) is 6.36. The van der Waals surface area contributed by atoms with Crippen molar-refractivity contribution in [2.45, 2.75) is 33.1 Å². The van der Waals surface area contributed by atoms with Crippen molar-refractivity contribution in [3.63, 3.8) is 0 Å². The average Bonchev–Trinajstić information content (AvgIpc) is 2.66. The summed E-state index contributed by atoms with van der Waals surface area (Å²) in [5.74, 6) is 0.932. The van der Waals surface area contributed by atoms with Gasteiger partial charge in [0.15, 0.2) is 0 Å². The second-order valence-electron chi connectivity index (χ2n) is 4.72. The van der Waals surface area contributed by atoms with Crippen molar-refractivity contribution in [2.24, 2.45) is 5.92 Å². The molecule has 0 saturated carbocycles. The maximum Gasteiger partial charge on any atom is 0.0202 e. The summed E-state index contributed by atoms with van der Waals surface area (Å²) >= 11 is 0. The summed E-state index contributed by atoms with van der Waals surface area (Å²) in [6.45, 7) is 14.4. The molecule has 15 heavy (non-hydrogen) atoms. The van der Waals surface area contributed by atoms with Crippen LogP contribution in [-0.2, 0) is 0 Å². The van der Waals surface area contributed by atoms with Crippen LogP contribution in [-0.4, -0.2) is 37.6 Å². The van der Waals surface area contributed by atoms with Gasteiger partial charge in [-0.2, -0.15) is 0 Å². The molecular formula is C13H26N2. The molecule has 1 aliphatic heterocycles. The van der Waals surface area contributed by atoms with Crippen LogP contribution in [0.1, 0.15) is 33.1 Å². The fraction of sp³-hybridized carbons (Fsp3) is 0.846. The molecule has 0 aromatic rings. The van der Waals surface area contributed by atoms with Crippen LogP contribution in [0.15, 0.2) is 12.2 Å². The van der Waals surface area contributed by atoms with Crippen LogP contribution in [0.3, 0.4) is 0 Å². The number of nitrogens with zero attached hydrogens (tertiary/aromatic N) is 1. The lowest BCUT2D eigenvalue weighted by atomic mass is 10.1. The molecular weight excluding hydrogens is 184 g/mol. The minimum absolute atomic E-state index is 0.932. The van der Waals surface area contributed by atoms with E-state index in [1.165, 1.54) is 37.9 Å². The van der Waals surface area contributed by atoms with Crippen molar-refractivity contribution < 1.29 is 0 Å². The third-order valence-electron chi connectivity index (χ3n) is 3.20. The molecule has 1 unspecified atom stereocenters. The molecule has 1 rings (SSSR count). The Bertz CT molecular complexity index is 189. The van der Waals surface area contributed by atoms with Gasteiger partial charge in [0.2, 0.25) is 0 Å². The Hall–Kier alpha value is -0.340. The van der Waals surface area contributed by atoms with Crippen molar-refractivity contribution >= 4 is 0 Å².